The maximum Gasteiger partial charge on any atom is 0.573 e. The summed E-state index contributed by atoms with van der Waals surface area (Å²) in [6.45, 7) is 0.509. The Balaban J connectivity index is 2.03. The molecule has 133 valence electrons. The summed E-state index contributed by atoms with van der Waals surface area (Å²) in [5.41, 5.74) is 0.708. The average molecular weight is 343 g/mol. The number of hydrogen-bond acceptors (Lipinski definition) is 3. The molecule has 1 amide bonds. The summed E-state index contributed by atoms with van der Waals surface area (Å²) in [5, 5.41) is 3.35. The highest BCUT2D eigenvalue weighted by molar-refractivity contribution is 5.49. The van der Waals surface area contributed by atoms with Crippen LogP contribution in [0.3, 0.4) is 0 Å². The smallest absolute Gasteiger partial charge is 0.406 e. The van der Waals surface area contributed by atoms with Crippen LogP contribution >= 0.6 is 0 Å². The van der Waals surface area contributed by atoms with E-state index in [1.165, 1.54) is 23.5 Å². The molecule has 1 saturated carbocycles. The summed E-state index contributed by atoms with van der Waals surface area (Å²) in [4.78, 5) is 12.3. The Morgan fingerprint density at radius 1 is 1.25 bits per heavy atom. The van der Waals surface area contributed by atoms with Gasteiger partial charge in [0.05, 0.1) is 0 Å². The van der Waals surface area contributed by atoms with Crippen molar-refractivity contribution in [1.82, 2.24) is 4.90 Å². The van der Waals surface area contributed by atoms with E-state index in [9.17, 15) is 18.0 Å². The molecule has 0 bridgehead atoms. The Bertz CT molecular complexity index is 514. The average Bonchev–Trinajstić information content (AvgIpc) is 2.55. The second-order valence-electron chi connectivity index (χ2n) is 6.19. The van der Waals surface area contributed by atoms with E-state index in [1.54, 1.807) is 19.2 Å². The molecule has 2 rings (SSSR count). The fraction of sp³-hybridized carbons (Fsp3) is 0.588. The summed E-state index contributed by atoms with van der Waals surface area (Å²) in [7, 11) is 1.67. The minimum Gasteiger partial charge on any atom is -0.406 e. The minimum absolute atomic E-state index is 0.0473. The van der Waals surface area contributed by atoms with E-state index in [1.807, 2.05) is 6.41 Å². The first-order valence-corrected chi connectivity index (χ1v) is 8.08. The summed E-state index contributed by atoms with van der Waals surface area (Å²) in [5.74, 6) is 0.182. The van der Waals surface area contributed by atoms with Gasteiger partial charge in [-0.1, -0.05) is 19.3 Å². The van der Waals surface area contributed by atoms with E-state index in [0.717, 1.165) is 25.7 Å². The molecule has 0 aromatic heterocycles. The van der Waals surface area contributed by atoms with Crippen molar-refractivity contribution in [2.24, 2.45) is 5.92 Å². The van der Waals surface area contributed by atoms with Crippen LogP contribution in [0, 0.1) is 5.92 Å². The minimum atomic E-state index is -4.69. The molecular formula is C17H22F3N2O2. The van der Waals surface area contributed by atoms with E-state index >= 15 is 0 Å². The highest BCUT2D eigenvalue weighted by atomic mass is 19.4. The van der Waals surface area contributed by atoms with Crippen LogP contribution in [0.5, 0.6) is 5.75 Å². The van der Waals surface area contributed by atoms with Gasteiger partial charge in [-0.15, -0.1) is 13.2 Å². The molecule has 0 unspecified atom stereocenters. The maximum atomic E-state index is 12.2. The normalized spacial score (nSPS) is 17.2. The third-order valence-corrected chi connectivity index (χ3v) is 4.29. The van der Waals surface area contributed by atoms with Gasteiger partial charge in [0.15, 0.2) is 0 Å². The first-order chi connectivity index (χ1) is 11.4. The van der Waals surface area contributed by atoms with Crippen molar-refractivity contribution in [3.8, 4) is 5.75 Å². The van der Waals surface area contributed by atoms with Crippen LogP contribution in [-0.4, -0.2) is 37.3 Å². The number of halogens is 3. The summed E-state index contributed by atoms with van der Waals surface area (Å²) < 4.78 is 40.5. The van der Waals surface area contributed by atoms with Gasteiger partial charge in [-0.05, 0) is 43.0 Å². The molecule has 24 heavy (non-hydrogen) atoms. The molecule has 1 radical (unpaired) electrons. The van der Waals surface area contributed by atoms with Gasteiger partial charge in [0, 0.05) is 25.3 Å². The van der Waals surface area contributed by atoms with E-state index in [4.69, 9.17) is 0 Å². The maximum absolute atomic E-state index is 12.2. The molecule has 0 spiro atoms. The van der Waals surface area contributed by atoms with Crippen LogP contribution in [0.1, 0.15) is 32.1 Å². The lowest BCUT2D eigenvalue weighted by atomic mass is 9.83. The molecule has 1 aliphatic rings. The Morgan fingerprint density at radius 3 is 2.42 bits per heavy atom. The Morgan fingerprint density at radius 2 is 1.88 bits per heavy atom. The Hall–Kier alpha value is -1.92. The van der Waals surface area contributed by atoms with Gasteiger partial charge in [-0.25, -0.2) is 0 Å². The number of benzene rings is 1. The second-order valence-corrected chi connectivity index (χ2v) is 6.19. The number of anilines is 1. The molecule has 4 nitrogen and oxygen atoms in total. The Kier molecular flexibility index (Phi) is 6.34. The standard InChI is InChI=1S/C17H22F3N2O2/c1-22(12-23)11-16(13-5-3-2-4-6-13)21-14-7-9-15(10-8-14)24-17(18,19)20/h7-10,13,16,21H,2-6,11H2,1H3/t16-/m1/s1. The number of alkyl halides is 3. The Labute approximate surface area is 140 Å². The van der Waals surface area contributed by atoms with Crippen molar-refractivity contribution in [3.63, 3.8) is 0 Å². The van der Waals surface area contributed by atoms with Gasteiger partial charge in [0.1, 0.15) is 5.75 Å². The van der Waals surface area contributed by atoms with Crippen molar-refractivity contribution in [2.45, 2.75) is 44.5 Å². The number of ether oxygens (including phenoxy) is 1. The number of likely N-dealkylation sites (N-methyl/N-ethyl adjacent to an activating group) is 1. The molecule has 0 saturated heterocycles. The quantitative estimate of drug-likeness (QED) is 0.763. The van der Waals surface area contributed by atoms with Gasteiger partial charge < -0.3 is 15.0 Å². The monoisotopic (exact) mass is 343 g/mol. The van der Waals surface area contributed by atoms with Crippen LogP contribution in [0.2, 0.25) is 0 Å². The summed E-state index contributed by atoms with van der Waals surface area (Å²) in [6.07, 6.45) is 2.88. The van der Waals surface area contributed by atoms with Crippen LogP contribution in [0.25, 0.3) is 0 Å². The second kappa shape index (κ2) is 8.26. The van der Waals surface area contributed by atoms with Crippen LogP contribution in [0.4, 0.5) is 18.9 Å². The molecule has 1 aromatic carbocycles. The van der Waals surface area contributed by atoms with Gasteiger partial charge in [0.2, 0.25) is 0 Å². The third kappa shape index (κ3) is 5.94. The van der Waals surface area contributed by atoms with Gasteiger partial charge in [-0.2, -0.15) is 0 Å². The molecule has 1 fully saturated rings. The van der Waals surface area contributed by atoms with Crippen molar-refractivity contribution < 1.29 is 22.7 Å². The third-order valence-electron chi connectivity index (χ3n) is 4.29. The first-order valence-electron chi connectivity index (χ1n) is 8.08. The van der Waals surface area contributed by atoms with E-state index in [2.05, 4.69) is 10.1 Å². The molecule has 1 atom stereocenters. The van der Waals surface area contributed by atoms with Gasteiger partial charge in [-0.3, -0.25) is 4.79 Å². The van der Waals surface area contributed by atoms with Gasteiger partial charge in [0.25, 0.3) is 0 Å². The number of hydrogen-bond donors (Lipinski definition) is 1. The number of nitrogens with zero attached hydrogens (tertiary/aromatic N) is 1. The topological polar surface area (TPSA) is 41.6 Å². The number of rotatable bonds is 7. The van der Waals surface area contributed by atoms with E-state index < -0.39 is 6.36 Å². The van der Waals surface area contributed by atoms with Crippen molar-refractivity contribution in [1.29, 1.82) is 0 Å². The van der Waals surface area contributed by atoms with Crippen molar-refractivity contribution in [3.05, 3.63) is 24.3 Å². The zero-order valence-electron chi connectivity index (χ0n) is 13.6. The van der Waals surface area contributed by atoms with Crippen molar-refractivity contribution in [2.75, 3.05) is 18.9 Å². The zero-order valence-corrected chi connectivity index (χ0v) is 13.6. The molecule has 0 heterocycles. The lowest BCUT2D eigenvalue weighted by Crippen LogP contribution is -2.40. The van der Waals surface area contributed by atoms with Crippen LogP contribution in [-0.2, 0) is 4.79 Å². The lowest BCUT2D eigenvalue weighted by molar-refractivity contribution is -0.274. The zero-order chi connectivity index (χ0) is 17.6. The first kappa shape index (κ1) is 18.4. The fourth-order valence-corrected chi connectivity index (χ4v) is 3.15. The number of amides is 1. The SMILES string of the molecule is CN([C]=O)C[C@@H](Nc1ccc(OC(F)(F)F)cc1)C1CCCCC1. The molecule has 1 aliphatic carbocycles. The number of carbonyl (C=O) groups excluding carboxylic acids is 1. The summed E-state index contributed by atoms with van der Waals surface area (Å²) in [6, 6.07) is 5.72. The highest BCUT2D eigenvalue weighted by Gasteiger charge is 2.31. The van der Waals surface area contributed by atoms with E-state index in [0.29, 0.717) is 18.2 Å². The molecule has 1 aromatic rings. The molecule has 7 heteroatoms. The molecule has 0 aliphatic heterocycles. The van der Waals surface area contributed by atoms with Gasteiger partial charge >= 0.3 is 12.8 Å². The summed E-state index contributed by atoms with van der Waals surface area (Å²) >= 11 is 0. The molecule has 1 N–H and O–H groups in total. The van der Waals surface area contributed by atoms with Crippen LogP contribution in [0.15, 0.2) is 24.3 Å². The fourth-order valence-electron chi connectivity index (χ4n) is 3.15. The predicted molar refractivity (Wildman–Crippen MR) is 85.4 cm³/mol. The predicted octanol–water partition coefficient (Wildman–Crippen LogP) is 3.95. The number of nitrogens with one attached hydrogen (secondary N) is 1. The lowest BCUT2D eigenvalue weighted by Gasteiger charge is -2.33. The largest absolute Gasteiger partial charge is 0.573 e. The highest BCUT2D eigenvalue weighted by Crippen LogP contribution is 2.29. The van der Waals surface area contributed by atoms with Crippen LogP contribution < -0.4 is 10.1 Å². The van der Waals surface area contributed by atoms with Crippen molar-refractivity contribution >= 4 is 12.1 Å². The molecular weight excluding hydrogens is 321 g/mol. The van der Waals surface area contributed by atoms with E-state index in [-0.39, 0.29) is 11.8 Å².